The van der Waals surface area contributed by atoms with Crippen molar-refractivity contribution in [1.82, 2.24) is 0 Å². The smallest absolute Gasteiger partial charge is 0.230 e. The fourth-order valence-electron chi connectivity index (χ4n) is 2.04. The van der Waals surface area contributed by atoms with E-state index in [-0.39, 0.29) is 0 Å². The molecule has 0 fully saturated rings. The average Bonchev–Trinajstić information content (AvgIpc) is 2.61. The van der Waals surface area contributed by atoms with Crippen molar-refractivity contribution in [1.29, 1.82) is 0 Å². The predicted molar refractivity (Wildman–Crippen MR) is 47.7 cm³/mol. The molecule has 1 N–H and O–H groups in total. The number of aliphatic hydroxyl groups is 1. The molecule has 1 heterocycles. The second-order valence-electron chi connectivity index (χ2n) is 3.73. The number of allylic oxidation sites excluding steroid dienone is 2. The second kappa shape index (κ2) is 4.01. The normalized spacial score (nSPS) is 26.7. The quantitative estimate of drug-likeness (QED) is 0.726. The van der Waals surface area contributed by atoms with Gasteiger partial charge in [0.15, 0.2) is 0 Å². The van der Waals surface area contributed by atoms with Gasteiger partial charge in [0.1, 0.15) is 11.5 Å². The second-order valence-corrected chi connectivity index (χ2v) is 3.73. The van der Waals surface area contributed by atoms with Gasteiger partial charge in [0.05, 0.1) is 0 Å². The molecular weight excluding hydrogens is 168 g/mol. The zero-order valence-corrected chi connectivity index (χ0v) is 7.79. The molecule has 1 atom stereocenters. The third-order valence-corrected chi connectivity index (χ3v) is 2.80. The van der Waals surface area contributed by atoms with Crippen LogP contribution < -0.4 is 0 Å². The third-order valence-electron chi connectivity index (χ3n) is 2.80. The van der Waals surface area contributed by atoms with Crippen LogP contribution in [0.5, 0.6) is 0 Å². The molecule has 0 radical (unpaired) electrons. The van der Waals surface area contributed by atoms with E-state index < -0.39 is 0 Å². The molecule has 0 aromatic rings. The number of hydrogen-bond donors (Lipinski definition) is 1. The van der Waals surface area contributed by atoms with Gasteiger partial charge in [-0.05, 0) is 25.2 Å². The molecule has 0 amide bonds. The monoisotopic (exact) mass is 184 g/mol. The first-order chi connectivity index (χ1) is 6.40. The number of hydrogen-bond acceptors (Lipinski definition) is 3. The summed E-state index contributed by atoms with van der Waals surface area (Å²) in [6, 6.07) is 0. The molecule has 2 aliphatic rings. The van der Waals surface area contributed by atoms with Crippen molar-refractivity contribution in [2.45, 2.75) is 32.1 Å². The van der Waals surface area contributed by atoms with Gasteiger partial charge < -0.3 is 14.6 Å². The maximum Gasteiger partial charge on any atom is 0.230 e. The van der Waals surface area contributed by atoms with E-state index in [1.165, 1.54) is 6.42 Å². The Morgan fingerprint density at radius 3 is 3.00 bits per heavy atom. The summed E-state index contributed by atoms with van der Waals surface area (Å²) in [6.07, 6.45) is 5.23. The molecule has 1 aliphatic heterocycles. The summed E-state index contributed by atoms with van der Waals surface area (Å²) in [5.41, 5.74) is 0. The minimum Gasteiger partial charge on any atom is -0.458 e. The lowest BCUT2D eigenvalue weighted by Gasteiger charge is -2.20. The minimum atomic E-state index is 0.305. The van der Waals surface area contributed by atoms with Crippen molar-refractivity contribution in [3.8, 4) is 0 Å². The number of aliphatic hydroxyl groups excluding tert-OH is 1. The van der Waals surface area contributed by atoms with Crippen molar-refractivity contribution in [2.75, 3.05) is 13.4 Å². The van der Waals surface area contributed by atoms with E-state index in [9.17, 15) is 0 Å². The van der Waals surface area contributed by atoms with Crippen LogP contribution in [-0.2, 0) is 9.47 Å². The molecule has 1 unspecified atom stereocenters. The Morgan fingerprint density at radius 2 is 2.15 bits per heavy atom. The molecule has 3 heteroatoms. The van der Waals surface area contributed by atoms with Crippen LogP contribution in [0, 0.1) is 5.92 Å². The van der Waals surface area contributed by atoms with Crippen LogP contribution in [0.3, 0.4) is 0 Å². The standard InChI is InChI=1S/C10H16O3/c11-5-1-2-8-3-4-9-10(6-8)13-7-12-9/h8,11H,1-7H2. The summed E-state index contributed by atoms with van der Waals surface area (Å²) in [5.74, 6) is 2.82. The van der Waals surface area contributed by atoms with Gasteiger partial charge in [-0.25, -0.2) is 0 Å². The predicted octanol–water partition coefficient (Wildman–Crippen LogP) is 1.77. The lowest BCUT2D eigenvalue weighted by molar-refractivity contribution is 0.0688. The van der Waals surface area contributed by atoms with Crippen molar-refractivity contribution in [3.63, 3.8) is 0 Å². The maximum absolute atomic E-state index is 8.72. The Labute approximate surface area is 78.3 Å². The molecule has 0 aromatic heterocycles. The number of ether oxygens (including phenoxy) is 2. The SMILES string of the molecule is OCCCC1CCC2=C(C1)OCO2. The van der Waals surface area contributed by atoms with E-state index in [2.05, 4.69) is 0 Å². The van der Waals surface area contributed by atoms with Crippen molar-refractivity contribution < 1.29 is 14.6 Å². The lowest BCUT2D eigenvalue weighted by Crippen LogP contribution is -2.09. The van der Waals surface area contributed by atoms with Gasteiger partial charge >= 0.3 is 0 Å². The summed E-state index contributed by atoms with van der Waals surface area (Å²) in [5, 5.41) is 8.72. The van der Waals surface area contributed by atoms with Crippen LogP contribution >= 0.6 is 0 Å². The van der Waals surface area contributed by atoms with Crippen LogP contribution in [0.15, 0.2) is 11.5 Å². The molecule has 2 rings (SSSR count). The molecule has 0 aromatic carbocycles. The van der Waals surface area contributed by atoms with E-state index in [0.29, 0.717) is 19.3 Å². The molecule has 1 aliphatic carbocycles. The molecule has 13 heavy (non-hydrogen) atoms. The molecule has 0 bridgehead atoms. The minimum absolute atomic E-state index is 0.305. The molecule has 0 spiro atoms. The van der Waals surface area contributed by atoms with E-state index in [1.54, 1.807) is 0 Å². The van der Waals surface area contributed by atoms with Gasteiger partial charge in [0, 0.05) is 19.4 Å². The summed E-state index contributed by atoms with van der Waals surface area (Å²) in [7, 11) is 0. The molecule has 74 valence electrons. The molecule has 0 saturated carbocycles. The van der Waals surface area contributed by atoms with Crippen LogP contribution in [0.4, 0.5) is 0 Å². The van der Waals surface area contributed by atoms with E-state index in [1.807, 2.05) is 0 Å². The molecular formula is C10H16O3. The summed E-state index contributed by atoms with van der Waals surface area (Å²) >= 11 is 0. The van der Waals surface area contributed by atoms with Crippen LogP contribution in [-0.4, -0.2) is 18.5 Å². The average molecular weight is 184 g/mol. The van der Waals surface area contributed by atoms with Gasteiger partial charge in [0.25, 0.3) is 0 Å². The first-order valence-corrected chi connectivity index (χ1v) is 4.98. The highest BCUT2D eigenvalue weighted by atomic mass is 16.7. The van der Waals surface area contributed by atoms with Gasteiger partial charge in [-0.3, -0.25) is 0 Å². The highest BCUT2D eigenvalue weighted by Gasteiger charge is 2.26. The topological polar surface area (TPSA) is 38.7 Å². The fraction of sp³-hybridized carbons (Fsp3) is 0.800. The van der Waals surface area contributed by atoms with Gasteiger partial charge in [-0.2, -0.15) is 0 Å². The Hall–Kier alpha value is -0.700. The van der Waals surface area contributed by atoms with E-state index in [0.717, 1.165) is 37.2 Å². The zero-order chi connectivity index (χ0) is 9.10. The first-order valence-electron chi connectivity index (χ1n) is 4.98. The van der Waals surface area contributed by atoms with Gasteiger partial charge in [-0.15, -0.1) is 0 Å². The molecule has 0 saturated heterocycles. The van der Waals surface area contributed by atoms with Gasteiger partial charge in [-0.1, -0.05) is 0 Å². The van der Waals surface area contributed by atoms with E-state index >= 15 is 0 Å². The summed E-state index contributed by atoms with van der Waals surface area (Å²) < 4.78 is 10.7. The summed E-state index contributed by atoms with van der Waals surface area (Å²) in [6.45, 7) is 0.719. The highest BCUT2D eigenvalue weighted by molar-refractivity contribution is 5.09. The lowest BCUT2D eigenvalue weighted by atomic mass is 9.88. The van der Waals surface area contributed by atoms with E-state index in [4.69, 9.17) is 14.6 Å². The largest absolute Gasteiger partial charge is 0.458 e. The molecule has 3 nitrogen and oxygen atoms in total. The van der Waals surface area contributed by atoms with Crippen LogP contribution in [0.2, 0.25) is 0 Å². The van der Waals surface area contributed by atoms with Crippen molar-refractivity contribution in [2.24, 2.45) is 5.92 Å². The maximum atomic E-state index is 8.72. The van der Waals surface area contributed by atoms with Crippen LogP contribution in [0.25, 0.3) is 0 Å². The zero-order valence-electron chi connectivity index (χ0n) is 7.79. The first kappa shape index (κ1) is 8.88. The Morgan fingerprint density at radius 1 is 1.31 bits per heavy atom. The Kier molecular flexibility index (Phi) is 2.74. The fourth-order valence-corrected chi connectivity index (χ4v) is 2.04. The van der Waals surface area contributed by atoms with Crippen molar-refractivity contribution >= 4 is 0 Å². The summed E-state index contributed by atoms with van der Waals surface area (Å²) in [4.78, 5) is 0. The van der Waals surface area contributed by atoms with Crippen molar-refractivity contribution in [3.05, 3.63) is 11.5 Å². The Bertz CT molecular complexity index is 210. The third kappa shape index (κ3) is 1.97. The van der Waals surface area contributed by atoms with Crippen LogP contribution in [0.1, 0.15) is 32.1 Å². The Balaban J connectivity index is 1.85. The number of rotatable bonds is 3. The highest BCUT2D eigenvalue weighted by Crippen LogP contribution is 2.35. The van der Waals surface area contributed by atoms with Gasteiger partial charge in [0.2, 0.25) is 6.79 Å².